The van der Waals surface area contributed by atoms with Gasteiger partial charge < -0.3 is 20.3 Å². The van der Waals surface area contributed by atoms with Crippen molar-refractivity contribution in [3.05, 3.63) is 59.2 Å². The van der Waals surface area contributed by atoms with Crippen LogP contribution in [0.15, 0.2) is 42.5 Å². The largest absolute Gasteiger partial charge is 0.483 e. The van der Waals surface area contributed by atoms with Crippen molar-refractivity contribution >= 4 is 17.5 Å². The van der Waals surface area contributed by atoms with Gasteiger partial charge in [-0.2, -0.15) is 0 Å². The SMILES string of the molecule is Cc1cccc(C)c1OCC(=O)N1CCN(c2ccc(C(N)=O)cc2)CC1. The maximum atomic E-state index is 12.5. The number of nitrogens with two attached hydrogens (primary N) is 1. The molecule has 0 saturated carbocycles. The predicted octanol–water partition coefficient (Wildman–Crippen LogP) is 2.13. The maximum Gasteiger partial charge on any atom is 0.260 e. The number of nitrogens with zero attached hydrogens (tertiary/aromatic N) is 2. The van der Waals surface area contributed by atoms with Crippen molar-refractivity contribution < 1.29 is 14.3 Å². The second-order valence-electron chi connectivity index (χ2n) is 6.79. The van der Waals surface area contributed by atoms with Gasteiger partial charge in [0.15, 0.2) is 6.61 Å². The lowest BCUT2D eigenvalue weighted by molar-refractivity contribution is -0.133. The molecular weight excluding hydrogens is 342 g/mol. The molecule has 2 aromatic rings. The average Bonchev–Trinajstić information content (AvgIpc) is 2.67. The first-order chi connectivity index (χ1) is 13.0. The van der Waals surface area contributed by atoms with Crippen LogP contribution in [0.2, 0.25) is 0 Å². The Morgan fingerprint density at radius 1 is 0.963 bits per heavy atom. The third-order valence-electron chi connectivity index (χ3n) is 4.90. The first kappa shape index (κ1) is 18.8. The highest BCUT2D eigenvalue weighted by molar-refractivity contribution is 5.93. The molecule has 2 amide bonds. The molecule has 0 aliphatic carbocycles. The number of primary amides is 1. The highest BCUT2D eigenvalue weighted by atomic mass is 16.5. The van der Waals surface area contributed by atoms with E-state index in [-0.39, 0.29) is 12.5 Å². The standard InChI is InChI=1S/C21H25N3O3/c1-15-4-3-5-16(2)20(15)27-14-19(25)24-12-10-23(11-13-24)18-8-6-17(7-9-18)21(22)26/h3-9H,10-14H2,1-2H3,(H2,22,26). The normalized spacial score (nSPS) is 14.1. The summed E-state index contributed by atoms with van der Waals surface area (Å²) in [5.74, 6) is 0.362. The molecular formula is C21H25N3O3. The summed E-state index contributed by atoms with van der Waals surface area (Å²) in [6, 6.07) is 13.2. The maximum absolute atomic E-state index is 12.5. The molecule has 6 heteroatoms. The molecule has 1 heterocycles. The van der Waals surface area contributed by atoms with Crippen molar-refractivity contribution in [2.75, 3.05) is 37.7 Å². The van der Waals surface area contributed by atoms with Crippen molar-refractivity contribution in [3.63, 3.8) is 0 Å². The summed E-state index contributed by atoms with van der Waals surface area (Å²) in [6.07, 6.45) is 0. The van der Waals surface area contributed by atoms with Gasteiger partial charge in [-0.3, -0.25) is 9.59 Å². The summed E-state index contributed by atoms with van der Waals surface area (Å²) in [6.45, 7) is 6.79. The number of hydrogen-bond donors (Lipinski definition) is 1. The molecule has 2 N–H and O–H groups in total. The average molecular weight is 367 g/mol. The van der Waals surface area contributed by atoms with Crippen LogP contribution in [-0.4, -0.2) is 49.5 Å². The Morgan fingerprint density at radius 3 is 2.11 bits per heavy atom. The minimum absolute atomic E-state index is 0.00128. The van der Waals surface area contributed by atoms with E-state index in [0.29, 0.717) is 18.7 Å². The summed E-state index contributed by atoms with van der Waals surface area (Å²) in [7, 11) is 0. The molecule has 3 rings (SSSR count). The predicted molar refractivity (Wildman–Crippen MR) is 105 cm³/mol. The van der Waals surface area contributed by atoms with Crippen LogP contribution in [0.25, 0.3) is 0 Å². The van der Waals surface area contributed by atoms with Gasteiger partial charge in [0.2, 0.25) is 5.91 Å². The van der Waals surface area contributed by atoms with Gasteiger partial charge in [-0.1, -0.05) is 18.2 Å². The van der Waals surface area contributed by atoms with Crippen molar-refractivity contribution in [3.8, 4) is 5.75 Å². The number of carbonyl (C=O) groups is 2. The molecule has 1 saturated heterocycles. The molecule has 0 radical (unpaired) electrons. The quantitative estimate of drug-likeness (QED) is 0.878. The first-order valence-electron chi connectivity index (χ1n) is 9.07. The molecule has 27 heavy (non-hydrogen) atoms. The fourth-order valence-corrected chi connectivity index (χ4v) is 3.30. The molecule has 1 aliphatic heterocycles. The van der Waals surface area contributed by atoms with Gasteiger partial charge in [-0.15, -0.1) is 0 Å². The Kier molecular flexibility index (Phi) is 5.64. The van der Waals surface area contributed by atoms with Gasteiger partial charge in [0.05, 0.1) is 0 Å². The molecule has 0 bridgehead atoms. The van der Waals surface area contributed by atoms with Crippen LogP contribution in [0.1, 0.15) is 21.5 Å². The van der Waals surface area contributed by atoms with Gasteiger partial charge >= 0.3 is 0 Å². The van der Waals surface area contributed by atoms with Crippen LogP contribution < -0.4 is 15.4 Å². The monoisotopic (exact) mass is 367 g/mol. The molecule has 2 aromatic carbocycles. The lowest BCUT2D eigenvalue weighted by Gasteiger charge is -2.36. The summed E-state index contributed by atoms with van der Waals surface area (Å²) in [5, 5.41) is 0. The van der Waals surface area contributed by atoms with E-state index in [1.54, 1.807) is 12.1 Å². The topological polar surface area (TPSA) is 75.9 Å². The van der Waals surface area contributed by atoms with E-state index in [0.717, 1.165) is 35.7 Å². The fourth-order valence-electron chi connectivity index (χ4n) is 3.30. The van der Waals surface area contributed by atoms with E-state index in [1.165, 1.54) is 0 Å². The number of carbonyl (C=O) groups excluding carboxylic acids is 2. The number of ether oxygens (including phenoxy) is 1. The fraction of sp³-hybridized carbons (Fsp3) is 0.333. The Bertz CT molecular complexity index is 805. The van der Waals surface area contributed by atoms with Crippen LogP contribution in [0, 0.1) is 13.8 Å². The number of amides is 2. The highest BCUT2D eigenvalue weighted by Gasteiger charge is 2.22. The zero-order valence-corrected chi connectivity index (χ0v) is 15.8. The number of rotatable bonds is 5. The molecule has 1 aliphatic rings. The molecule has 0 unspecified atom stereocenters. The number of aryl methyl sites for hydroxylation is 2. The number of anilines is 1. The molecule has 1 fully saturated rings. The molecule has 0 atom stereocenters. The van der Waals surface area contributed by atoms with E-state index < -0.39 is 5.91 Å². The minimum Gasteiger partial charge on any atom is -0.483 e. The van der Waals surface area contributed by atoms with E-state index in [4.69, 9.17) is 10.5 Å². The summed E-state index contributed by atoms with van der Waals surface area (Å²) < 4.78 is 5.78. The van der Waals surface area contributed by atoms with Gasteiger partial charge in [0.1, 0.15) is 5.75 Å². The Morgan fingerprint density at radius 2 is 1.56 bits per heavy atom. The number of hydrogen-bond acceptors (Lipinski definition) is 4. The molecule has 142 valence electrons. The van der Waals surface area contributed by atoms with Crippen LogP contribution in [0.5, 0.6) is 5.75 Å². The van der Waals surface area contributed by atoms with E-state index in [1.807, 2.05) is 49.1 Å². The van der Waals surface area contributed by atoms with Crippen LogP contribution in [-0.2, 0) is 4.79 Å². The summed E-state index contributed by atoms with van der Waals surface area (Å²) >= 11 is 0. The van der Waals surface area contributed by atoms with Crippen LogP contribution >= 0.6 is 0 Å². The lowest BCUT2D eigenvalue weighted by Crippen LogP contribution is -2.50. The minimum atomic E-state index is -0.430. The van der Waals surface area contributed by atoms with Crippen molar-refractivity contribution in [1.82, 2.24) is 4.90 Å². The number of benzene rings is 2. The Balaban J connectivity index is 1.52. The molecule has 0 aromatic heterocycles. The smallest absolute Gasteiger partial charge is 0.260 e. The second-order valence-corrected chi connectivity index (χ2v) is 6.79. The zero-order valence-electron chi connectivity index (χ0n) is 15.8. The third kappa shape index (κ3) is 4.39. The summed E-state index contributed by atoms with van der Waals surface area (Å²) in [5.41, 5.74) is 8.87. The van der Waals surface area contributed by atoms with E-state index in [2.05, 4.69) is 4.90 Å². The number of piperazine rings is 1. The summed E-state index contributed by atoms with van der Waals surface area (Å²) in [4.78, 5) is 27.7. The van der Waals surface area contributed by atoms with Crippen LogP contribution in [0.3, 0.4) is 0 Å². The van der Waals surface area contributed by atoms with Gasteiger partial charge in [-0.05, 0) is 49.2 Å². The van der Waals surface area contributed by atoms with Gasteiger partial charge in [-0.25, -0.2) is 0 Å². The Labute approximate surface area is 159 Å². The van der Waals surface area contributed by atoms with Crippen LogP contribution in [0.4, 0.5) is 5.69 Å². The van der Waals surface area contributed by atoms with Crippen molar-refractivity contribution in [2.45, 2.75) is 13.8 Å². The molecule has 6 nitrogen and oxygen atoms in total. The third-order valence-corrected chi connectivity index (χ3v) is 4.90. The second kappa shape index (κ2) is 8.12. The first-order valence-corrected chi connectivity index (χ1v) is 9.07. The van der Waals surface area contributed by atoms with Crippen molar-refractivity contribution in [1.29, 1.82) is 0 Å². The van der Waals surface area contributed by atoms with E-state index in [9.17, 15) is 9.59 Å². The number of para-hydroxylation sites is 1. The van der Waals surface area contributed by atoms with Gasteiger partial charge in [0.25, 0.3) is 5.91 Å². The van der Waals surface area contributed by atoms with Gasteiger partial charge in [0, 0.05) is 37.4 Å². The Hall–Kier alpha value is -3.02. The zero-order chi connectivity index (χ0) is 19.4. The molecule has 0 spiro atoms. The van der Waals surface area contributed by atoms with Crippen molar-refractivity contribution in [2.24, 2.45) is 5.73 Å². The van der Waals surface area contributed by atoms with E-state index >= 15 is 0 Å². The lowest BCUT2D eigenvalue weighted by atomic mass is 10.1. The highest BCUT2D eigenvalue weighted by Crippen LogP contribution is 2.22.